The standard InChI is InChI=1S/C11H11N5O2S/c1-2-15-9(17)8(6-7-4-3-5-18-7)14-16-10(15)12-13-11(16)19/h3-5H,2,6H2,1H3,(H,13,19). The van der Waals surface area contributed by atoms with E-state index in [4.69, 9.17) is 16.6 Å². The third kappa shape index (κ3) is 1.89. The zero-order chi connectivity index (χ0) is 13.4. The fraction of sp³-hybridized carbons (Fsp3) is 0.273. The van der Waals surface area contributed by atoms with Crippen LogP contribution >= 0.6 is 12.2 Å². The van der Waals surface area contributed by atoms with Gasteiger partial charge in [-0.05, 0) is 31.3 Å². The molecule has 0 aliphatic rings. The molecule has 7 nitrogen and oxygen atoms in total. The summed E-state index contributed by atoms with van der Waals surface area (Å²) in [4.78, 5) is 12.3. The van der Waals surface area contributed by atoms with Gasteiger partial charge in [0.05, 0.1) is 12.7 Å². The van der Waals surface area contributed by atoms with Crippen molar-refractivity contribution in [1.82, 2.24) is 24.4 Å². The number of H-pyrrole nitrogens is 1. The van der Waals surface area contributed by atoms with E-state index in [0.717, 1.165) is 0 Å². The molecule has 0 aromatic carbocycles. The zero-order valence-corrected chi connectivity index (χ0v) is 11.0. The van der Waals surface area contributed by atoms with Crippen LogP contribution in [-0.4, -0.2) is 24.4 Å². The SMILES string of the molecule is CCn1c(=O)c(Cc2ccco2)nn2c(=S)[nH]nc12. The van der Waals surface area contributed by atoms with Crippen molar-refractivity contribution in [3.8, 4) is 0 Å². The molecule has 3 rings (SSSR count). The lowest BCUT2D eigenvalue weighted by Gasteiger charge is -2.05. The summed E-state index contributed by atoms with van der Waals surface area (Å²) in [7, 11) is 0. The molecule has 3 heterocycles. The molecule has 98 valence electrons. The highest BCUT2D eigenvalue weighted by Gasteiger charge is 2.13. The lowest BCUT2D eigenvalue weighted by Crippen LogP contribution is -2.28. The highest BCUT2D eigenvalue weighted by atomic mass is 32.1. The smallest absolute Gasteiger partial charge is 0.277 e. The van der Waals surface area contributed by atoms with E-state index in [1.165, 1.54) is 9.08 Å². The van der Waals surface area contributed by atoms with Crippen LogP contribution in [0.5, 0.6) is 0 Å². The minimum Gasteiger partial charge on any atom is -0.469 e. The Hall–Kier alpha value is -2.22. The molecule has 0 saturated carbocycles. The molecule has 0 aliphatic heterocycles. The fourth-order valence-electron chi connectivity index (χ4n) is 1.93. The minimum absolute atomic E-state index is 0.180. The van der Waals surface area contributed by atoms with Gasteiger partial charge in [-0.2, -0.15) is 9.61 Å². The van der Waals surface area contributed by atoms with Crippen LogP contribution < -0.4 is 5.56 Å². The molecule has 1 N–H and O–H groups in total. The van der Waals surface area contributed by atoms with Crippen molar-refractivity contribution in [3.05, 3.63) is 45.0 Å². The molecule has 0 unspecified atom stereocenters. The van der Waals surface area contributed by atoms with Crippen molar-refractivity contribution in [3.63, 3.8) is 0 Å². The van der Waals surface area contributed by atoms with E-state index in [1.807, 2.05) is 6.92 Å². The quantitative estimate of drug-likeness (QED) is 0.726. The molecule has 0 radical (unpaired) electrons. The van der Waals surface area contributed by atoms with E-state index in [2.05, 4.69) is 15.3 Å². The number of hydrogen-bond acceptors (Lipinski definition) is 5. The summed E-state index contributed by atoms with van der Waals surface area (Å²) < 4.78 is 8.58. The zero-order valence-electron chi connectivity index (χ0n) is 10.2. The number of hydrogen-bond donors (Lipinski definition) is 1. The lowest BCUT2D eigenvalue weighted by atomic mass is 10.2. The van der Waals surface area contributed by atoms with Crippen LogP contribution in [0.15, 0.2) is 27.6 Å². The first kappa shape index (κ1) is 11.8. The minimum atomic E-state index is -0.180. The van der Waals surface area contributed by atoms with Crippen LogP contribution in [0.2, 0.25) is 0 Å². The van der Waals surface area contributed by atoms with Gasteiger partial charge in [0.25, 0.3) is 11.3 Å². The number of furan rings is 1. The van der Waals surface area contributed by atoms with E-state index < -0.39 is 0 Å². The molecule has 3 aromatic heterocycles. The number of fused-ring (bicyclic) bond motifs is 1. The molecule has 0 spiro atoms. The van der Waals surface area contributed by atoms with E-state index in [0.29, 0.717) is 35.0 Å². The Morgan fingerprint density at radius 2 is 2.37 bits per heavy atom. The Labute approximate surface area is 112 Å². The van der Waals surface area contributed by atoms with Gasteiger partial charge >= 0.3 is 0 Å². The molecule has 0 saturated heterocycles. The number of nitrogens with one attached hydrogen (secondary N) is 1. The predicted octanol–water partition coefficient (Wildman–Crippen LogP) is 1.15. The van der Waals surface area contributed by atoms with Crippen LogP contribution in [0, 0.1) is 4.77 Å². The summed E-state index contributed by atoms with van der Waals surface area (Å²) in [5.74, 6) is 1.10. The highest BCUT2D eigenvalue weighted by Crippen LogP contribution is 2.06. The van der Waals surface area contributed by atoms with Gasteiger partial charge in [-0.15, -0.1) is 5.10 Å². The average Bonchev–Trinajstić information content (AvgIpc) is 3.02. The highest BCUT2D eigenvalue weighted by molar-refractivity contribution is 7.71. The van der Waals surface area contributed by atoms with Crippen LogP contribution in [0.4, 0.5) is 0 Å². The molecule has 0 fully saturated rings. The van der Waals surface area contributed by atoms with Crippen LogP contribution in [0.25, 0.3) is 5.78 Å². The van der Waals surface area contributed by atoms with Gasteiger partial charge in [0.15, 0.2) is 0 Å². The van der Waals surface area contributed by atoms with Gasteiger partial charge in [0.1, 0.15) is 11.5 Å². The van der Waals surface area contributed by atoms with Gasteiger partial charge in [-0.3, -0.25) is 9.36 Å². The Morgan fingerprint density at radius 1 is 1.53 bits per heavy atom. The molecule has 0 atom stereocenters. The molecular formula is C11H11N5O2S. The van der Waals surface area contributed by atoms with E-state index in [9.17, 15) is 4.79 Å². The van der Waals surface area contributed by atoms with Gasteiger partial charge in [0, 0.05) is 6.54 Å². The third-order valence-corrected chi connectivity index (χ3v) is 3.09. The Bertz CT molecular complexity index is 827. The van der Waals surface area contributed by atoms with Gasteiger partial charge in [0.2, 0.25) is 4.77 Å². The summed E-state index contributed by atoms with van der Waals surface area (Å²) in [6.07, 6.45) is 1.89. The Kier molecular flexibility index (Phi) is 2.79. The average molecular weight is 277 g/mol. The van der Waals surface area contributed by atoms with Crippen molar-refractivity contribution < 1.29 is 4.42 Å². The van der Waals surface area contributed by atoms with Gasteiger partial charge < -0.3 is 4.42 Å². The van der Waals surface area contributed by atoms with Crippen molar-refractivity contribution >= 4 is 18.0 Å². The Balaban J connectivity index is 2.24. The number of nitrogens with zero attached hydrogens (tertiary/aromatic N) is 4. The normalized spacial score (nSPS) is 11.2. The molecule has 0 aliphatic carbocycles. The fourth-order valence-corrected chi connectivity index (χ4v) is 2.10. The summed E-state index contributed by atoms with van der Waals surface area (Å²) in [6.45, 7) is 2.37. The second-order valence-corrected chi connectivity index (χ2v) is 4.38. The number of rotatable bonds is 3. The van der Waals surface area contributed by atoms with Crippen LogP contribution in [0.1, 0.15) is 18.4 Å². The molecule has 3 aromatic rings. The Morgan fingerprint density at radius 3 is 3.05 bits per heavy atom. The first-order chi connectivity index (χ1) is 9.20. The predicted molar refractivity (Wildman–Crippen MR) is 69.6 cm³/mol. The van der Waals surface area contributed by atoms with Crippen molar-refractivity contribution in [1.29, 1.82) is 0 Å². The van der Waals surface area contributed by atoms with Crippen molar-refractivity contribution in [2.24, 2.45) is 0 Å². The van der Waals surface area contributed by atoms with Gasteiger partial charge in [-0.1, -0.05) is 0 Å². The first-order valence-electron chi connectivity index (χ1n) is 5.80. The summed E-state index contributed by atoms with van der Waals surface area (Å²) in [6, 6.07) is 3.58. The van der Waals surface area contributed by atoms with Gasteiger partial charge in [-0.25, -0.2) is 5.10 Å². The molecule has 0 amide bonds. The van der Waals surface area contributed by atoms with E-state index in [1.54, 1.807) is 18.4 Å². The first-order valence-corrected chi connectivity index (χ1v) is 6.21. The van der Waals surface area contributed by atoms with Crippen molar-refractivity contribution in [2.45, 2.75) is 19.9 Å². The second-order valence-electron chi connectivity index (χ2n) is 3.99. The topological polar surface area (TPSA) is 81.1 Å². The number of aryl methyl sites for hydroxylation is 1. The maximum absolute atomic E-state index is 12.3. The largest absolute Gasteiger partial charge is 0.469 e. The summed E-state index contributed by atoms with van der Waals surface area (Å²) >= 11 is 5.09. The molecule has 19 heavy (non-hydrogen) atoms. The molecular weight excluding hydrogens is 266 g/mol. The number of aromatic amines is 1. The monoisotopic (exact) mass is 277 g/mol. The summed E-state index contributed by atoms with van der Waals surface area (Å²) in [5, 5.41) is 10.9. The molecule has 0 bridgehead atoms. The number of aromatic nitrogens is 5. The molecule has 8 heteroatoms. The van der Waals surface area contributed by atoms with E-state index in [-0.39, 0.29) is 5.56 Å². The maximum Gasteiger partial charge on any atom is 0.277 e. The third-order valence-electron chi connectivity index (χ3n) is 2.83. The second kappa shape index (κ2) is 4.47. The van der Waals surface area contributed by atoms with E-state index >= 15 is 0 Å². The summed E-state index contributed by atoms with van der Waals surface area (Å²) in [5.41, 5.74) is 0.196. The van der Waals surface area contributed by atoms with Crippen molar-refractivity contribution in [2.75, 3.05) is 0 Å². The lowest BCUT2D eigenvalue weighted by molar-refractivity contribution is 0.514. The van der Waals surface area contributed by atoms with Crippen LogP contribution in [-0.2, 0) is 13.0 Å². The van der Waals surface area contributed by atoms with Crippen LogP contribution in [0.3, 0.4) is 0 Å². The maximum atomic E-state index is 12.3.